The largest absolute Gasteiger partial charge is 0.342 e. The minimum Gasteiger partial charge on any atom is -0.342 e. The molecule has 6 heteroatoms. The van der Waals surface area contributed by atoms with Crippen LogP contribution in [0.2, 0.25) is 0 Å². The third-order valence-corrected chi connectivity index (χ3v) is 6.28. The van der Waals surface area contributed by atoms with Gasteiger partial charge in [0.25, 0.3) is 5.91 Å². The summed E-state index contributed by atoms with van der Waals surface area (Å²) in [6, 6.07) is 22.9. The van der Waals surface area contributed by atoms with Gasteiger partial charge < -0.3 is 15.7 Å². The summed E-state index contributed by atoms with van der Waals surface area (Å²) in [7, 11) is 0. The van der Waals surface area contributed by atoms with Crippen LogP contribution in [0.1, 0.15) is 53.5 Å². The number of terminal acetylenes is 1. The summed E-state index contributed by atoms with van der Waals surface area (Å²) < 4.78 is 0. The fourth-order valence-corrected chi connectivity index (χ4v) is 4.12. The number of alkyl halides is 1. The SMILES string of the molecule is C#Cc1ccc(-c2ccc(C(=O)N[C@@H](CCCCC(=N)CCl)c3nc4ccccc4[nH]3)cc2)cc1. The smallest absolute Gasteiger partial charge is 0.251 e. The molecule has 0 unspecified atom stereocenters. The van der Waals surface area contributed by atoms with Crippen LogP contribution in [-0.4, -0.2) is 27.5 Å². The summed E-state index contributed by atoms with van der Waals surface area (Å²) in [6.07, 6.45) is 8.49. The van der Waals surface area contributed by atoms with Gasteiger partial charge in [-0.15, -0.1) is 18.0 Å². The number of aromatic nitrogens is 2. The van der Waals surface area contributed by atoms with E-state index in [0.717, 1.165) is 46.4 Å². The highest BCUT2D eigenvalue weighted by Gasteiger charge is 2.19. The fraction of sp³-hybridized carbons (Fsp3) is 0.207. The van der Waals surface area contributed by atoms with Gasteiger partial charge in [-0.3, -0.25) is 4.79 Å². The number of nitrogens with one attached hydrogen (secondary N) is 3. The van der Waals surface area contributed by atoms with Crippen molar-refractivity contribution in [1.29, 1.82) is 5.41 Å². The molecule has 0 aliphatic heterocycles. The maximum Gasteiger partial charge on any atom is 0.251 e. The summed E-state index contributed by atoms with van der Waals surface area (Å²) in [5.74, 6) is 3.46. The number of aromatic amines is 1. The molecular formula is C29H27ClN4O. The number of fused-ring (bicyclic) bond motifs is 1. The van der Waals surface area contributed by atoms with Gasteiger partial charge in [0.1, 0.15) is 5.82 Å². The predicted octanol–water partition coefficient (Wildman–Crippen LogP) is 6.50. The molecule has 0 aliphatic rings. The lowest BCUT2D eigenvalue weighted by Crippen LogP contribution is -2.29. The van der Waals surface area contributed by atoms with Gasteiger partial charge in [-0.05, 0) is 66.8 Å². The van der Waals surface area contributed by atoms with Gasteiger partial charge in [0.05, 0.1) is 23.0 Å². The van der Waals surface area contributed by atoms with E-state index in [2.05, 4.69) is 16.2 Å². The second kappa shape index (κ2) is 11.5. The Morgan fingerprint density at radius 1 is 1.03 bits per heavy atom. The molecule has 0 radical (unpaired) electrons. The van der Waals surface area contributed by atoms with Gasteiger partial charge in [-0.2, -0.15) is 0 Å². The number of carbonyl (C=O) groups excluding carboxylic acids is 1. The van der Waals surface area contributed by atoms with Crippen molar-refractivity contribution in [3.63, 3.8) is 0 Å². The molecule has 4 rings (SSSR count). The molecule has 3 aromatic carbocycles. The van der Waals surface area contributed by atoms with Crippen LogP contribution in [0.3, 0.4) is 0 Å². The number of hydrogen-bond acceptors (Lipinski definition) is 3. The zero-order valence-corrected chi connectivity index (χ0v) is 20.1. The van der Waals surface area contributed by atoms with Gasteiger partial charge >= 0.3 is 0 Å². The minimum absolute atomic E-state index is 0.154. The molecule has 1 heterocycles. The Morgan fingerprint density at radius 3 is 2.37 bits per heavy atom. The number of halogens is 1. The molecule has 1 amide bonds. The lowest BCUT2D eigenvalue weighted by atomic mass is 10.0. The molecule has 0 bridgehead atoms. The molecule has 5 nitrogen and oxygen atoms in total. The van der Waals surface area contributed by atoms with E-state index >= 15 is 0 Å². The summed E-state index contributed by atoms with van der Waals surface area (Å²) in [5, 5.41) is 10.9. The first-order valence-corrected chi connectivity index (χ1v) is 12.2. The van der Waals surface area contributed by atoms with E-state index in [9.17, 15) is 4.79 Å². The zero-order chi connectivity index (χ0) is 24.6. The van der Waals surface area contributed by atoms with Crippen LogP contribution in [0.5, 0.6) is 0 Å². The van der Waals surface area contributed by atoms with Crippen molar-refractivity contribution in [3.8, 4) is 23.5 Å². The van der Waals surface area contributed by atoms with Gasteiger partial charge in [0.2, 0.25) is 0 Å². The minimum atomic E-state index is -0.268. The first kappa shape index (κ1) is 24.3. The summed E-state index contributed by atoms with van der Waals surface area (Å²) in [6.45, 7) is 0. The Hall–Kier alpha value is -3.88. The molecule has 0 saturated heterocycles. The van der Waals surface area contributed by atoms with Crippen molar-refractivity contribution in [3.05, 3.63) is 89.7 Å². The monoisotopic (exact) mass is 482 g/mol. The molecular weight excluding hydrogens is 456 g/mol. The first-order chi connectivity index (χ1) is 17.1. The van der Waals surface area contributed by atoms with E-state index in [-0.39, 0.29) is 17.8 Å². The molecule has 0 spiro atoms. The molecule has 3 N–H and O–H groups in total. The highest BCUT2D eigenvalue weighted by Crippen LogP contribution is 2.23. The van der Waals surface area contributed by atoms with Crippen molar-refractivity contribution in [2.24, 2.45) is 0 Å². The molecule has 35 heavy (non-hydrogen) atoms. The zero-order valence-electron chi connectivity index (χ0n) is 19.4. The molecule has 0 aliphatic carbocycles. The predicted molar refractivity (Wildman–Crippen MR) is 143 cm³/mol. The maximum absolute atomic E-state index is 13.1. The molecule has 0 fully saturated rings. The van der Waals surface area contributed by atoms with Gasteiger partial charge in [0, 0.05) is 16.8 Å². The quantitative estimate of drug-likeness (QED) is 0.104. The molecule has 1 atom stereocenters. The maximum atomic E-state index is 13.1. The highest BCUT2D eigenvalue weighted by molar-refractivity contribution is 6.28. The third kappa shape index (κ3) is 6.17. The van der Waals surface area contributed by atoms with E-state index in [1.165, 1.54) is 0 Å². The number of para-hydroxylation sites is 2. The average molecular weight is 483 g/mol. The second-order valence-electron chi connectivity index (χ2n) is 8.45. The van der Waals surface area contributed by atoms with Crippen LogP contribution in [0.4, 0.5) is 0 Å². The van der Waals surface area contributed by atoms with Crippen LogP contribution >= 0.6 is 11.6 Å². The lowest BCUT2D eigenvalue weighted by Gasteiger charge is -2.17. The van der Waals surface area contributed by atoms with E-state index in [1.54, 1.807) is 0 Å². The highest BCUT2D eigenvalue weighted by atomic mass is 35.5. The number of amides is 1. The number of unbranched alkanes of at least 4 members (excludes halogenated alkanes) is 1. The fourth-order valence-electron chi connectivity index (χ4n) is 3.98. The van der Waals surface area contributed by atoms with Gasteiger partial charge in [-0.25, -0.2) is 4.98 Å². The van der Waals surface area contributed by atoms with Crippen molar-refractivity contribution in [2.45, 2.75) is 31.7 Å². The normalized spacial score (nSPS) is 11.7. The standard InChI is InChI=1S/C29H27ClN4O/c1-2-20-11-13-21(14-12-20)22-15-17-23(18-16-22)29(35)34-27(10-4-3-7-24(31)19-30)28-32-25-8-5-6-9-26(25)33-28/h1,5-6,8-9,11-18,27,31H,3-4,7,10,19H2,(H,32,33)(H,34,35)/t27-/m0/s1. The Morgan fingerprint density at radius 2 is 1.71 bits per heavy atom. The number of benzene rings is 3. The van der Waals surface area contributed by atoms with Gasteiger partial charge in [0.15, 0.2) is 0 Å². The Bertz CT molecular complexity index is 1320. The average Bonchev–Trinajstić information content (AvgIpc) is 3.34. The number of hydrogen-bond donors (Lipinski definition) is 3. The Kier molecular flexibility index (Phi) is 7.97. The van der Waals surface area contributed by atoms with Gasteiger partial charge in [-0.1, -0.05) is 48.7 Å². The van der Waals surface area contributed by atoms with E-state index in [1.807, 2.05) is 72.8 Å². The lowest BCUT2D eigenvalue weighted by molar-refractivity contribution is 0.0932. The van der Waals surface area contributed by atoms with E-state index < -0.39 is 0 Å². The Labute approximate surface area is 210 Å². The van der Waals surface area contributed by atoms with Crippen molar-refractivity contribution >= 4 is 34.3 Å². The van der Waals surface area contributed by atoms with Crippen molar-refractivity contribution < 1.29 is 4.79 Å². The molecule has 1 aromatic heterocycles. The first-order valence-electron chi connectivity index (χ1n) is 11.6. The van der Waals surface area contributed by atoms with Crippen LogP contribution in [0.15, 0.2) is 72.8 Å². The second-order valence-corrected chi connectivity index (χ2v) is 8.71. The van der Waals surface area contributed by atoms with E-state index in [0.29, 0.717) is 24.1 Å². The van der Waals surface area contributed by atoms with Crippen LogP contribution in [0.25, 0.3) is 22.2 Å². The number of nitrogens with zero attached hydrogens (tertiary/aromatic N) is 1. The van der Waals surface area contributed by atoms with Crippen molar-refractivity contribution in [1.82, 2.24) is 15.3 Å². The number of H-pyrrole nitrogens is 1. The Balaban J connectivity index is 1.48. The summed E-state index contributed by atoms with van der Waals surface area (Å²) in [5.41, 5.74) is 5.81. The van der Waals surface area contributed by atoms with Crippen LogP contribution in [0, 0.1) is 17.8 Å². The van der Waals surface area contributed by atoms with Crippen LogP contribution < -0.4 is 5.32 Å². The summed E-state index contributed by atoms with van der Waals surface area (Å²) in [4.78, 5) is 21.2. The van der Waals surface area contributed by atoms with E-state index in [4.69, 9.17) is 28.4 Å². The summed E-state index contributed by atoms with van der Waals surface area (Å²) >= 11 is 5.73. The number of rotatable bonds is 10. The third-order valence-electron chi connectivity index (χ3n) is 5.96. The topological polar surface area (TPSA) is 81.6 Å². The number of carbonyl (C=O) groups is 1. The van der Waals surface area contributed by atoms with Crippen LogP contribution in [-0.2, 0) is 0 Å². The molecule has 0 saturated carbocycles. The molecule has 4 aromatic rings. The number of imidazole rings is 1. The molecule has 176 valence electrons. The van der Waals surface area contributed by atoms with Crippen molar-refractivity contribution in [2.75, 3.05) is 5.88 Å².